The first-order valence-corrected chi connectivity index (χ1v) is 9.89. The number of thiophene rings is 1. The summed E-state index contributed by atoms with van der Waals surface area (Å²) in [5.41, 5.74) is 0.847. The fourth-order valence-corrected chi connectivity index (χ4v) is 3.97. The molecule has 0 spiro atoms. The lowest BCUT2D eigenvalue weighted by molar-refractivity contribution is 0.0392. The fourth-order valence-electron chi connectivity index (χ4n) is 2.93. The quantitative estimate of drug-likeness (QED) is 0.372. The predicted molar refractivity (Wildman–Crippen MR) is 114 cm³/mol. The third-order valence-corrected chi connectivity index (χ3v) is 5.62. The highest BCUT2D eigenvalue weighted by molar-refractivity contribution is 7.20. The Morgan fingerprint density at radius 1 is 1.10 bits per heavy atom. The van der Waals surface area contributed by atoms with E-state index in [1.54, 1.807) is 6.92 Å². The average molecular weight is 447 g/mol. The maximum absolute atomic E-state index is 12.4. The molecule has 0 atom stereocenters. The van der Waals surface area contributed by atoms with Crippen molar-refractivity contribution in [3.05, 3.63) is 34.5 Å². The van der Waals surface area contributed by atoms with Crippen molar-refractivity contribution in [2.45, 2.75) is 6.92 Å². The average Bonchev–Trinajstić information content (AvgIpc) is 3.10. The van der Waals surface area contributed by atoms with E-state index in [-0.39, 0.29) is 23.6 Å². The molecule has 0 aliphatic carbocycles. The van der Waals surface area contributed by atoms with Crippen LogP contribution in [0.1, 0.15) is 25.6 Å². The Morgan fingerprint density at radius 3 is 2.45 bits per heavy atom. The maximum atomic E-state index is 12.4. The topological polar surface area (TPSA) is 129 Å². The summed E-state index contributed by atoms with van der Waals surface area (Å²) in [6.07, 6.45) is 1.34. The van der Waals surface area contributed by atoms with Gasteiger partial charge in [-0.05, 0) is 12.5 Å². The van der Waals surface area contributed by atoms with Gasteiger partial charge in [-0.1, -0.05) is 0 Å². The molecule has 10 nitrogen and oxygen atoms in total. The fraction of sp³-hybridized carbons (Fsp3) is 0.300. The standard InChI is InChI=1S/C20H21N3O7S/c1-10-15-17(21-9-22-18(15)31-16(10)20(26)30-6-5-27-2)23-12-8-14(29-4)13(28-3)7-11(12)19(24)25/h7-9H,5-6H2,1-4H3,(H,24,25)(H,21,22,23). The zero-order chi connectivity index (χ0) is 22.5. The van der Waals surface area contributed by atoms with Crippen LogP contribution in [0.25, 0.3) is 10.2 Å². The molecule has 0 saturated heterocycles. The van der Waals surface area contributed by atoms with Crippen LogP contribution in [0.15, 0.2) is 18.5 Å². The largest absolute Gasteiger partial charge is 0.493 e. The summed E-state index contributed by atoms with van der Waals surface area (Å²) >= 11 is 1.17. The molecule has 0 saturated carbocycles. The number of aromatic nitrogens is 2. The number of ether oxygens (including phenoxy) is 4. The van der Waals surface area contributed by atoms with Crippen LogP contribution in [-0.4, -0.2) is 61.6 Å². The molecule has 3 rings (SSSR count). The Hall–Kier alpha value is -3.44. The first kappa shape index (κ1) is 22.2. The van der Waals surface area contributed by atoms with E-state index in [0.717, 1.165) is 0 Å². The Morgan fingerprint density at radius 2 is 1.81 bits per heavy atom. The monoisotopic (exact) mass is 447 g/mol. The molecule has 3 aromatic rings. The molecule has 0 aliphatic heterocycles. The lowest BCUT2D eigenvalue weighted by atomic mass is 10.1. The molecule has 31 heavy (non-hydrogen) atoms. The van der Waals surface area contributed by atoms with Gasteiger partial charge in [0, 0.05) is 19.2 Å². The number of rotatable bonds is 9. The van der Waals surface area contributed by atoms with Gasteiger partial charge in [0.05, 0.1) is 37.5 Å². The van der Waals surface area contributed by atoms with Crippen LogP contribution in [0.4, 0.5) is 11.5 Å². The number of aryl methyl sites for hydroxylation is 1. The molecular weight excluding hydrogens is 426 g/mol. The number of hydrogen-bond acceptors (Lipinski definition) is 10. The minimum Gasteiger partial charge on any atom is -0.493 e. The number of methoxy groups -OCH3 is 3. The van der Waals surface area contributed by atoms with Crippen LogP contribution < -0.4 is 14.8 Å². The zero-order valence-electron chi connectivity index (χ0n) is 17.3. The van der Waals surface area contributed by atoms with E-state index in [4.69, 9.17) is 18.9 Å². The Bertz CT molecular complexity index is 1130. The summed E-state index contributed by atoms with van der Waals surface area (Å²) < 4.78 is 20.6. The third kappa shape index (κ3) is 4.52. The minimum absolute atomic E-state index is 0.0310. The molecule has 2 aromatic heterocycles. The van der Waals surface area contributed by atoms with Gasteiger partial charge in [-0.15, -0.1) is 11.3 Å². The van der Waals surface area contributed by atoms with Crippen molar-refractivity contribution in [3.8, 4) is 11.5 Å². The number of carbonyl (C=O) groups is 2. The molecule has 2 heterocycles. The van der Waals surface area contributed by atoms with Gasteiger partial charge in [0.2, 0.25) is 0 Å². The summed E-state index contributed by atoms with van der Waals surface area (Å²) in [5.74, 6) is -0.653. The van der Waals surface area contributed by atoms with Crippen molar-refractivity contribution < 1.29 is 33.6 Å². The summed E-state index contributed by atoms with van der Waals surface area (Å²) in [5, 5.41) is 13.3. The van der Waals surface area contributed by atoms with Gasteiger partial charge in [-0.25, -0.2) is 19.6 Å². The molecular formula is C20H21N3O7S. The molecule has 11 heteroatoms. The number of esters is 1. The first-order valence-electron chi connectivity index (χ1n) is 9.07. The van der Waals surface area contributed by atoms with Crippen LogP contribution in [0.3, 0.4) is 0 Å². The second kappa shape index (κ2) is 9.58. The SMILES string of the molecule is COCCOC(=O)c1sc2ncnc(Nc3cc(OC)c(OC)cc3C(=O)O)c2c1C. The molecule has 164 valence electrons. The number of hydrogen-bond donors (Lipinski definition) is 2. The molecule has 0 fully saturated rings. The minimum atomic E-state index is -1.15. The van der Waals surface area contributed by atoms with Crippen LogP contribution in [0, 0.1) is 6.92 Å². The van der Waals surface area contributed by atoms with Crippen LogP contribution >= 0.6 is 11.3 Å². The van der Waals surface area contributed by atoms with Gasteiger partial charge in [-0.2, -0.15) is 0 Å². The second-order valence-corrected chi connectivity index (χ2v) is 7.27. The van der Waals surface area contributed by atoms with Crippen LogP contribution in [0.2, 0.25) is 0 Å². The Balaban J connectivity index is 2.05. The van der Waals surface area contributed by atoms with Gasteiger partial charge >= 0.3 is 11.9 Å². The summed E-state index contributed by atoms with van der Waals surface area (Å²) in [7, 11) is 4.40. The summed E-state index contributed by atoms with van der Waals surface area (Å²) in [4.78, 5) is 33.7. The highest BCUT2D eigenvalue weighted by Gasteiger charge is 2.22. The second-order valence-electron chi connectivity index (χ2n) is 6.27. The van der Waals surface area contributed by atoms with Gasteiger partial charge in [0.15, 0.2) is 11.5 Å². The molecule has 1 aromatic carbocycles. The number of benzene rings is 1. The lowest BCUT2D eigenvalue weighted by Gasteiger charge is -2.14. The normalized spacial score (nSPS) is 10.7. The number of carbonyl (C=O) groups excluding carboxylic acids is 1. The van der Waals surface area contributed by atoms with Crippen molar-refractivity contribution in [2.24, 2.45) is 0 Å². The zero-order valence-corrected chi connectivity index (χ0v) is 18.2. The van der Waals surface area contributed by atoms with Crippen molar-refractivity contribution in [3.63, 3.8) is 0 Å². The van der Waals surface area contributed by atoms with E-state index in [0.29, 0.717) is 38.8 Å². The van der Waals surface area contributed by atoms with Gasteiger partial charge in [-0.3, -0.25) is 0 Å². The van der Waals surface area contributed by atoms with Gasteiger partial charge in [0.1, 0.15) is 28.5 Å². The number of nitrogens with one attached hydrogen (secondary N) is 1. The molecule has 0 unspecified atom stereocenters. The van der Waals surface area contributed by atoms with Crippen LogP contribution in [-0.2, 0) is 9.47 Å². The predicted octanol–water partition coefficient (Wildman–Crippen LogP) is 3.26. The summed E-state index contributed by atoms with van der Waals surface area (Å²) in [6, 6.07) is 2.87. The van der Waals surface area contributed by atoms with Gasteiger partial charge in [0.25, 0.3) is 0 Å². The number of anilines is 2. The highest BCUT2D eigenvalue weighted by Crippen LogP contribution is 2.38. The number of nitrogens with zero attached hydrogens (tertiary/aromatic N) is 2. The van der Waals surface area contributed by atoms with E-state index in [2.05, 4.69) is 15.3 Å². The number of aromatic carboxylic acids is 1. The number of carboxylic acids is 1. The molecule has 0 aliphatic rings. The first-order chi connectivity index (χ1) is 14.9. The molecule has 0 amide bonds. The third-order valence-electron chi connectivity index (χ3n) is 4.44. The number of carboxylic acid groups (broad SMARTS) is 1. The van der Waals surface area contributed by atoms with Crippen molar-refractivity contribution in [1.29, 1.82) is 0 Å². The van der Waals surface area contributed by atoms with Crippen LogP contribution in [0.5, 0.6) is 11.5 Å². The van der Waals surface area contributed by atoms with E-state index in [9.17, 15) is 14.7 Å². The van der Waals surface area contributed by atoms with E-state index < -0.39 is 11.9 Å². The molecule has 0 radical (unpaired) electrons. The van der Waals surface area contributed by atoms with E-state index in [1.807, 2.05) is 0 Å². The Kier molecular flexibility index (Phi) is 6.88. The highest BCUT2D eigenvalue weighted by atomic mass is 32.1. The Labute approximate surface area is 181 Å². The van der Waals surface area contributed by atoms with Crippen molar-refractivity contribution in [2.75, 3.05) is 39.9 Å². The maximum Gasteiger partial charge on any atom is 0.348 e. The van der Waals surface area contributed by atoms with E-state index in [1.165, 1.54) is 51.1 Å². The van der Waals surface area contributed by atoms with E-state index >= 15 is 0 Å². The van der Waals surface area contributed by atoms with Gasteiger partial charge < -0.3 is 29.4 Å². The smallest absolute Gasteiger partial charge is 0.348 e. The molecule has 2 N–H and O–H groups in total. The van der Waals surface area contributed by atoms with Crippen molar-refractivity contribution >= 4 is 45.0 Å². The molecule has 0 bridgehead atoms. The summed E-state index contributed by atoms with van der Waals surface area (Å²) in [6.45, 7) is 2.18. The lowest BCUT2D eigenvalue weighted by Crippen LogP contribution is -2.09. The van der Waals surface area contributed by atoms with Crippen molar-refractivity contribution in [1.82, 2.24) is 9.97 Å². The number of fused-ring (bicyclic) bond motifs is 1.